The van der Waals surface area contributed by atoms with Crippen molar-refractivity contribution in [3.05, 3.63) is 29.3 Å². The maximum atomic E-state index is 11.6. The molecule has 0 bridgehead atoms. The Balaban J connectivity index is 2.05. The zero-order valence-corrected chi connectivity index (χ0v) is 10.2. The number of hydrogen-bond donors (Lipinski definition) is 3. The van der Waals surface area contributed by atoms with E-state index in [2.05, 4.69) is 17.6 Å². The summed E-state index contributed by atoms with van der Waals surface area (Å²) >= 11 is 0. The van der Waals surface area contributed by atoms with E-state index < -0.39 is 6.23 Å². The van der Waals surface area contributed by atoms with Gasteiger partial charge in [0.15, 0.2) is 0 Å². The van der Waals surface area contributed by atoms with E-state index in [1.54, 1.807) is 0 Å². The van der Waals surface area contributed by atoms with Crippen LogP contribution in [0.15, 0.2) is 18.2 Å². The fourth-order valence-corrected chi connectivity index (χ4v) is 1.96. The molecule has 2 unspecified atom stereocenters. The Hall–Kier alpha value is -1.55. The molecule has 1 aliphatic rings. The van der Waals surface area contributed by atoms with Crippen LogP contribution in [0.3, 0.4) is 0 Å². The SMILES string of the molecule is Cc1ccc(NC2CCC(O)NC2=O)cc1C. The second-order valence-electron chi connectivity index (χ2n) is 4.60. The summed E-state index contributed by atoms with van der Waals surface area (Å²) in [5, 5.41) is 15.0. The normalized spacial score (nSPS) is 24.3. The molecule has 1 aliphatic heterocycles. The molecule has 1 saturated heterocycles. The summed E-state index contributed by atoms with van der Waals surface area (Å²) in [7, 11) is 0. The Morgan fingerprint density at radius 3 is 2.71 bits per heavy atom. The molecule has 1 heterocycles. The molecular formula is C13H18N2O2. The van der Waals surface area contributed by atoms with Crippen molar-refractivity contribution < 1.29 is 9.90 Å². The van der Waals surface area contributed by atoms with E-state index in [0.717, 1.165) is 5.69 Å². The van der Waals surface area contributed by atoms with Crippen LogP contribution < -0.4 is 10.6 Å². The Kier molecular flexibility index (Phi) is 3.33. The fraction of sp³-hybridized carbons (Fsp3) is 0.462. The highest BCUT2D eigenvalue weighted by molar-refractivity contribution is 5.85. The van der Waals surface area contributed by atoms with Crippen LogP contribution in [0.1, 0.15) is 24.0 Å². The van der Waals surface area contributed by atoms with E-state index >= 15 is 0 Å². The van der Waals surface area contributed by atoms with Crippen LogP contribution in [-0.4, -0.2) is 23.3 Å². The van der Waals surface area contributed by atoms with Gasteiger partial charge in [-0.2, -0.15) is 0 Å². The molecule has 0 saturated carbocycles. The molecule has 1 aromatic rings. The molecule has 0 aliphatic carbocycles. The minimum absolute atomic E-state index is 0.137. The molecule has 92 valence electrons. The molecule has 1 fully saturated rings. The number of carbonyl (C=O) groups is 1. The molecule has 2 atom stereocenters. The Morgan fingerprint density at radius 1 is 1.29 bits per heavy atom. The number of carbonyl (C=O) groups excluding carboxylic acids is 1. The van der Waals surface area contributed by atoms with E-state index in [9.17, 15) is 9.90 Å². The highest BCUT2D eigenvalue weighted by Crippen LogP contribution is 2.18. The van der Waals surface area contributed by atoms with E-state index in [1.165, 1.54) is 11.1 Å². The van der Waals surface area contributed by atoms with Crippen LogP contribution in [0.4, 0.5) is 5.69 Å². The summed E-state index contributed by atoms with van der Waals surface area (Å²) in [5.41, 5.74) is 3.38. The second kappa shape index (κ2) is 4.75. The molecule has 0 spiro atoms. The first-order valence-electron chi connectivity index (χ1n) is 5.88. The van der Waals surface area contributed by atoms with E-state index in [-0.39, 0.29) is 11.9 Å². The zero-order chi connectivity index (χ0) is 12.4. The number of rotatable bonds is 2. The predicted octanol–water partition coefficient (Wildman–Crippen LogP) is 1.31. The summed E-state index contributed by atoms with van der Waals surface area (Å²) in [5.74, 6) is -0.137. The number of benzene rings is 1. The van der Waals surface area contributed by atoms with Gasteiger partial charge in [0.05, 0.1) is 0 Å². The topological polar surface area (TPSA) is 61.4 Å². The van der Waals surface area contributed by atoms with Crippen LogP contribution >= 0.6 is 0 Å². The monoisotopic (exact) mass is 234 g/mol. The van der Waals surface area contributed by atoms with Gasteiger partial charge in [0.2, 0.25) is 5.91 Å². The molecule has 0 radical (unpaired) electrons. The second-order valence-corrected chi connectivity index (χ2v) is 4.60. The smallest absolute Gasteiger partial charge is 0.244 e. The number of aryl methyl sites for hydroxylation is 2. The van der Waals surface area contributed by atoms with Gasteiger partial charge in [-0.25, -0.2) is 0 Å². The van der Waals surface area contributed by atoms with Crippen molar-refractivity contribution in [2.75, 3.05) is 5.32 Å². The van der Waals surface area contributed by atoms with E-state index in [0.29, 0.717) is 12.8 Å². The van der Waals surface area contributed by atoms with Crippen LogP contribution in [0.2, 0.25) is 0 Å². The number of piperidine rings is 1. The highest BCUT2D eigenvalue weighted by atomic mass is 16.3. The number of hydrogen-bond acceptors (Lipinski definition) is 3. The average molecular weight is 234 g/mol. The first-order valence-corrected chi connectivity index (χ1v) is 5.88. The number of aliphatic hydroxyl groups is 1. The van der Waals surface area contributed by atoms with E-state index in [1.807, 2.05) is 25.1 Å². The Bertz CT molecular complexity index is 431. The molecule has 0 aromatic heterocycles. The number of aliphatic hydroxyl groups excluding tert-OH is 1. The van der Waals surface area contributed by atoms with Crippen LogP contribution in [0.25, 0.3) is 0 Å². The zero-order valence-electron chi connectivity index (χ0n) is 10.2. The summed E-state index contributed by atoms with van der Waals surface area (Å²) < 4.78 is 0. The summed E-state index contributed by atoms with van der Waals surface area (Å²) in [6.45, 7) is 4.11. The number of nitrogens with one attached hydrogen (secondary N) is 2. The van der Waals surface area contributed by atoms with Crippen molar-refractivity contribution in [2.45, 2.75) is 39.0 Å². The van der Waals surface area contributed by atoms with Gasteiger partial charge in [0, 0.05) is 5.69 Å². The van der Waals surface area contributed by atoms with Gasteiger partial charge in [-0.3, -0.25) is 4.79 Å². The lowest BCUT2D eigenvalue weighted by atomic mass is 10.0. The largest absolute Gasteiger partial charge is 0.374 e. The minimum atomic E-state index is -0.694. The molecular weight excluding hydrogens is 216 g/mol. The number of anilines is 1. The maximum absolute atomic E-state index is 11.6. The average Bonchev–Trinajstić information content (AvgIpc) is 2.27. The highest BCUT2D eigenvalue weighted by Gasteiger charge is 2.26. The number of amides is 1. The molecule has 4 nitrogen and oxygen atoms in total. The van der Waals surface area contributed by atoms with Crippen LogP contribution in [0.5, 0.6) is 0 Å². The van der Waals surface area contributed by atoms with E-state index in [4.69, 9.17) is 0 Å². The first-order chi connectivity index (χ1) is 8.06. The van der Waals surface area contributed by atoms with Crippen molar-refractivity contribution in [1.82, 2.24) is 5.32 Å². The van der Waals surface area contributed by atoms with Crippen LogP contribution in [-0.2, 0) is 4.79 Å². The van der Waals surface area contributed by atoms with Gasteiger partial charge in [0.25, 0.3) is 0 Å². The lowest BCUT2D eigenvalue weighted by Gasteiger charge is -2.27. The molecule has 3 N–H and O–H groups in total. The third-order valence-electron chi connectivity index (χ3n) is 3.20. The Labute approximate surface area is 101 Å². The lowest BCUT2D eigenvalue weighted by Crippen LogP contribution is -2.49. The van der Waals surface area contributed by atoms with Crippen molar-refractivity contribution >= 4 is 11.6 Å². The van der Waals surface area contributed by atoms with Crippen LogP contribution in [0, 0.1) is 13.8 Å². The third-order valence-corrected chi connectivity index (χ3v) is 3.20. The van der Waals surface area contributed by atoms with Gasteiger partial charge in [0.1, 0.15) is 12.3 Å². The molecule has 17 heavy (non-hydrogen) atoms. The quantitative estimate of drug-likeness (QED) is 0.723. The van der Waals surface area contributed by atoms with Gasteiger partial charge in [-0.05, 0) is 49.9 Å². The van der Waals surface area contributed by atoms with Crippen molar-refractivity contribution in [2.24, 2.45) is 0 Å². The molecule has 1 aromatic carbocycles. The van der Waals surface area contributed by atoms with Gasteiger partial charge >= 0.3 is 0 Å². The minimum Gasteiger partial charge on any atom is -0.374 e. The van der Waals surface area contributed by atoms with Crippen molar-refractivity contribution in [1.29, 1.82) is 0 Å². The van der Waals surface area contributed by atoms with Gasteiger partial charge in [-0.1, -0.05) is 6.07 Å². The molecule has 2 rings (SSSR count). The maximum Gasteiger partial charge on any atom is 0.244 e. The lowest BCUT2D eigenvalue weighted by molar-refractivity contribution is -0.127. The molecule has 1 amide bonds. The van der Waals surface area contributed by atoms with Gasteiger partial charge < -0.3 is 15.7 Å². The summed E-state index contributed by atoms with van der Waals surface area (Å²) in [6.07, 6.45) is 0.550. The summed E-state index contributed by atoms with van der Waals surface area (Å²) in [6, 6.07) is 5.79. The first kappa shape index (κ1) is 11.9. The standard InChI is InChI=1S/C13H18N2O2/c1-8-3-4-10(7-9(8)2)14-11-5-6-12(16)15-13(11)17/h3-4,7,11-12,14,16H,5-6H2,1-2H3,(H,15,17). The fourth-order valence-electron chi connectivity index (χ4n) is 1.96. The van der Waals surface area contributed by atoms with Gasteiger partial charge in [-0.15, -0.1) is 0 Å². The summed E-state index contributed by atoms with van der Waals surface area (Å²) in [4.78, 5) is 11.6. The van der Waals surface area contributed by atoms with Crippen molar-refractivity contribution in [3.63, 3.8) is 0 Å². The van der Waals surface area contributed by atoms with Crippen molar-refractivity contribution in [3.8, 4) is 0 Å². The third kappa shape index (κ3) is 2.77. The predicted molar refractivity (Wildman–Crippen MR) is 66.7 cm³/mol. The Morgan fingerprint density at radius 2 is 2.06 bits per heavy atom. The molecule has 4 heteroatoms.